The fraction of sp³-hybridized carbons (Fsp3) is 0.462. The summed E-state index contributed by atoms with van der Waals surface area (Å²) in [7, 11) is 0. The van der Waals surface area contributed by atoms with E-state index >= 15 is 0 Å². The molecule has 0 bridgehead atoms. The first kappa shape index (κ1) is 14.6. The minimum atomic E-state index is -0.315. The van der Waals surface area contributed by atoms with E-state index in [1.807, 2.05) is 13.8 Å². The van der Waals surface area contributed by atoms with E-state index in [0.717, 1.165) is 0 Å². The number of thiophene rings is 1. The number of rotatable bonds is 7. The molecule has 0 saturated carbocycles. The molecule has 0 atom stereocenters. The predicted molar refractivity (Wildman–Crippen MR) is 70.8 cm³/mol. The largest absolute Gasteiger partial charge is 0.343 e. The van der Waals surface area contributed by atoms with E-state index in [1.165, 1.54) is 11.3 Å². The van der Waals surface area contributed by atoms with Gasteiger partial charge in [0.1, 0.15) is 5.78 Å². The maximum Gasteiger partial charge on any atom is 0.230 e. The summed E-state index contributed by atoms with van der Waals surface area (Å²) >= 11 is 1.31. The van der Waals surface area contributed by atoms with Crippen LogP contribution < -0.4 is 0 Å². The first-order valence-corrected chi connectivity index (χ1v) is 6.82. The molecule has 0 N–H and O–H groups in total. The molecule has 0 aliphatic heterocycles. The normalized spacial score (nSPS) is 10.1. The molecule has 0 aliphatic carbocycles. The molecule has 1 amide bonds. The van der Waals surface area contributed by atoms with Crippen LogP contribution in [0.2, 0.25) is 0 Å². The first-order valence-electron chi connectivity index (χ1n) is 5.94. The van der Waals surface area contributed by atoms with Gasteiger partial charge in [-0.15, -0.1) is 11.3 Å². The van der Waals surface area contributed by atoms with Crippen molar-refractivity contribution in [2.24, 2.45) is 0 Å². The third-order valence-corrected chi connectivity index (χ3v) is 3.53. The minimum absolute atomic E-state index is 0.182. The summed E-state index contributed by atoms with van der Waals surface area (Å²) in [4.78, 5) is 37.1. The van der Waals surface area contributed by atoms with Crippen LogP contribution in [-0.4, -0.2) is 35.5 Å². The van der Waals surface area contributed by atoms with E-state index in [1.54, 1.807) is 22.4 Å². The van der Waals surface area contributed by atoms with Gasteiger partial charge in [-0.25, -0.2) is 0 Å². The summed E-state index contributed by atoms with van der Waals surface area (Å²) < 4.78 is 0. The Morgan fingerprint density at radius 2 is 1.83 bits per heavy atom. The Kier molecular flexibility index (Phi) is 5.71. The van der Waals surface area contributed by atoms with Crippen molar-refractivity contribution in [2.75, 3.05) is 13.1 Å². The summed E-state index contributed by atoms with van der Waals surface area (Å²) in [5.74, 6) is -0.725. The second-order valence-corrected chi connectivity index (χ2v) is 4.81. The van der Waals surface area contributed by atoms with Crippen LogP contribution in [0.15, 0.2) is 17.5 Å². The second-order valence-electron chi connectivity index (χ2n) is 3.86. The average molecular weight is 267 g/mol. The van der Waals surface area contributed by atoms with E-state index < -0.39 is 0 Å². The lowest BCUT2D eigenvalue weighted by atomic mass is 10.1. The number of amides is 1. The highest BCUT2D eigenvalue weighted by atomic mass is 32.1. The van der Waals surface area contributed by atoms with Crippen molar-refractivity contribution in [3.8, 4) is 0 Å². The quantitative estimate of drug-likeness (QED) is 0.562. The molecule has 4 nitrogen and oxygen atoms in total. The molecule has 0 aliphatic rings. The highest BCUT2D eigenvalue weighted by molar-refractivity contribution is 7.12. The van der Waals surface area contributed by atoms with Gasteiger partial charge in [0.05, 0.1) is 17.7 Å². The summed E-state index contributed by atoms with van der Waals surface area (Å²) in [6.45, 7) is 4.90. The molecule has 0 aromatic carbocycles. The van der Waals surface area contributed by atoms with Crippen LogP contribution in [0.5, 0.6) is 0 Å². The fourth-order valence-corrected chi connectivity index (χ4v) is 2.29. The Balaban J connectivity index is 2.47. The molecule has 1 aromatic rings. The van der Waals surface area contributed by atoms with E-state index in [-0.39, 0.29) is 30.3 Å². The number of carbonyl (C=O) groups excluding carboxylic acids is 3. The van der Waals surface area contributed by atoms with Crippen molar-refractivity contribution >= 4 is 28.8 Å². The zero-order chi connectivity index (χ0) is 13.5. The van der Waals surface area contributed by atoms with Crippen LogP contribution in [0.3, 0.4) is 0 Å². The van der Waals surface area contributed by atoms with Gasteiger partial charge in [-0.3, -0.25) is 14.4 Å². The minimum Gasteiger partial charge on any atom is -0.343 e. The van der Waals surface area contributed by atoms with Crippen LogP contribution >= 0.6 is 11.3 Å². The Bertz CT molecular complexity index is 421. The molecule has 1 rings (SSSR count). The maximum absolute atomic E-state index is 11.7. The SMILES string of the molecule is CCN(CC)C(=O)CC(=O)CC(=O)c1cccs1. The van der Waals surface area contributed by atoms with Gasteiger partial charge in [0.2, 0.25) is 5.91 Å². The molecular formula is C13H17NO3S. The lowest BCUT2D eigenvalue weighted by molar-refractivity contribution is -0.134. The van der Waals surface area contributed by atoms with Crippen LogP contribution in [0.4, 0.5) is 0 Å². The van der Waals surface area contributed by atoms with Gasteiger partial charge in [-0.1, -0.05) is 6.07 Å². The van der Waals surface area contributed by atoms with E-state index in [0.29, 0.717) is 18.0 Å². The molecule has 0 saturated heterocycles. The Morgan fingerprint density at radius 1 is 1.17 bits per heavy atom. The molecule has 1 heterocycles. The van der Waals surface area contributed by atoms with Crippen LogP contribution in [0.1, 0.15) is 36.4 Å². The van der Waals surface area contributed by atoms with Gasteiger partial charge in [-0.2, -0.15) is 0 Å². The lowest BCUT2D eigenvalue weighted by Gasteiger charge is -2.17. The highest BCUT2D eigenvalue weighted by Gasteiger charge is 2.18. The molecule has 1 aromatic heterocycles. The van der Waals surface area contributed by atoms with Gasteiger partial charge in [-0.05, 0) is 25.3 Å². The van der Waals surface area contributed by atoms with Gasteiger partial charge in [0.25, 0.3) is 0 Å². The monoisotopic (exact) mass is 267 g/mol. The average Bonchev–Trinajstić information content (AvgIpc) is 2.83. The third-order valence-electron chi connectivity index (χ3n) is 2.62. The number of carbonyl (C=O) groups is 3. The summed E-state index contributed by atoms with van der Waals surface area (Å²) in [5.41, 5.74) is 0. The molecule has 0 spiro atoms. The Labute approximate surface area is 111 Å². The number of hydrogen-bond donors (Lipinski definition) is 0. The lowest BCUT2D eigenvalue weighted by Crippen LogP contribution is -2.32. The molecule has 98 valence electrons. The van der Waals surface area contributed by atoms with E-state index in [2.05, 4.69) is 0 Å². The fourth-order valence-electron chi connectivity index (χ4n) is 1.62. The van der Waals surface area contributed by atoms with Gasteiger partial charge >= 0.3 is 0 Å². The van der Waals surface area contributed by atoms with E-state index in [9.17, 15) is 14.4 Å². The standard InChI is InChI=1S/C13H17NO3S/c1-3-14(4-2)13(17)9-10(15)8-11(16)12-6-5-7-18-12/h5-7H,3-4,8-9H2,1-2H3. The summed E-state index contributed by atoms with van der Waals surface area (Å²) in [6, 6.07) is 3.45. The molecule has 0 fully saturated rings. The van der Waals surface area contributed by atoms with Gasteiger partial charge in [0.15, 0.2) is 5.78 Å². The Morgan fingerprint density at radius 3 is 2.33 bits per heavy atom. The van der Waals surface area contributed by atoms with Crippen molar-refractivity contribution in [3.63, 3.8) is 0 Å². The van der Waals surface area contributed by atoms with E-state index in [4.69, 9.17) is 0 Å². The molecule has 0 unspecified atom stereocenters. The number of hydrogen-bond acceptors (Lipinski definition) is 4. The molecule has 18 heavy (non-hydrogen) atoms. The molecular weight excluding hydrogens is 250 g/mol. The maximum atomic E-state index is 11.7. The number of ketones is 2. The number of Topliss-reactive ketones (excluding diaryl/α,β-unsaturated/α-hetero) is 2. The number of nitrogens with zero attached hydrogens (tertiary/aromatic N) is 1. The highest BCUT2D eigenvalue weighted by Crippen LogP contribution is 2.12. The van der Waals surface area contributed by atoms with Crippen molar-refractivity contribution in [1.82, 2.24) is 4.90 Å². The predicted octanol–water partition coefficient (Wildman–Crippen LogP) is 2.15. The van der Waals surface area contributed by atoms with Crippen molar-refractivity contribution in [1.29, 1.82) is 0 Å². The Hall–Kier alpha value is -1.49. The van der Waals surface area contributed by atoms with Crippen LogP contribution in [-0.2, 0) is 9.59 Å². The topological polar surface area (TPSA) is 54.5 Å². The van der Waals surface area contributed by atoms with Crippen LogP contribution in [0, 0.1) is 0 Å². The zero-order valence-electron chi connectivity index (χ0n) is 10.6. The smallest absolute Gasteiger partial charge is 0.230 e. The third kappa shape index (κ3) is 4.07. The zero-order valence-corrected chi connectivity index (χ0v) is 11.5. The second kappa shape index (κ2) is 7.06. The van der Waals surface area contributed by atoms with Crippen LogP contribution in [0.25, 0.3) is 0 Å². The summed E-state index contributed by atoms with van der Waals surface area (Å²) in [6.07, 6.45) is -0.369. The van der Waals surface area contributed by atoms with Gasteiger partial charge in [0, 0.05) is 13.1 Å². The summed E-state index contributed by atoms with van der Waals surface area (Å²) in [5, 5.41) is 1.79. The van der Waals surface area contributed by atoms with Crippen molar-refractivity contribution in [2.45, 2.75) is 26.7 Å². The molecule has 0 radical (unpaired) electrons. The molecule has 5 heteroatoms. The van der Waals surface area contributed by atoms with Crippen molar-refractivity contribution in [3.05, 3.63) is 22.4 Å². The van der Waals surface area contributed by atoms with Crippen molar-refractivity contribution < 1.29 is 14.4 Å². The first-order chi connectivity index (χ1) is 8.58. The van der Waals surface area contributed by atoms with Gasteiger partial charge < -0.3 is 4.90 Å².